The molecule has 0 spiro atoms. The van der Waals surface area contributed by atoms with E-state index in [1.807, 2.05) is 32.0 Å². The molecule has 21 heavy (non-hydrogen) atoms. The Hall–Kier alpha value is -2.00. The molecule has 0 aliphatic rings. The van der Waals surface area contributed by atoms with Crippen LogP contribution < -0.4 is 9.47 Å². The molecule has 0 radical (unpaired) electrons. The van der Waals surface area contributed by atoms with Crippen LogP contribution in [0.25, 0.3) is 0 Å². The summed E-state index contributed by atoms with van der Waals surface area (Å²) in [5.74, 6) is 0.871. The molecule has 2 aromatic carbocycles. The van der Waals surface area contributed by atoms with E-state index in [4.69, 9.17) is 21.1 Å². The van der Waals surface area contributed by atoms with Crippen LogP contribution in [0.3, 0.4) is 0 Å². The first-order valence-corrected chi connectivity index (χ1v) is 6.95. The van der Waals surface area contributed by atoms with Gasteiger partial charge in [0.25, 0.3) is 0 Å². The van der Waals surface area contributed by atoms with Crippen molar-refractivity contribution < 1.29 is 14.3 Å². The van der Waals surface area contributed by atoms with Crippen molar-refractivity contribution in [3.63, 3.8) is 0 Å². The Balaban J connectivity index is 2.34. The van der Waals surface area contributed by atoms with Gasteiger partial charge in [-0.15, -0.1) is 0 Å². The van der Waals surface area contributed by atoms with Crippen molar-refractivity contribution in [2.75, 3.05) is 7.11 Å². The lowest BCUT2D eigenvalue weighted by Gasteiger charge is -2.15. The van der Waals surface area contributed by atoms with E-state index in [1.54, 1.807) is 12.1 Å². The molecule has 0 unspecified atom stereocenters. The van der Waals surface area contributed by atoms with Gasteiger partial charge in [-0.05, 0) is 36.6 Å². The fraction of sp³-hybridized carbons (Fsp3) is 0.235. The predicted octanol–water partition coefficient (Wildman–Crippen LogP) is 4.36. The summed E-state index contributed by atoms with van der Waals surface area (Å²) in [6.07, 6.45) is 0.717. The summed E-state index contributed by atoms with van der Waals surface area (Å²) in [6, 6.07) is 9.27. The zero-order valence-corrected chi connectivity index (χ0v) is 13.0. The van der Waals surface area contributed by atoms with E-state index in [2.05, 4.69) is 0 Å². The number of halogens is 1. The number of methoxy groups -OCH3 is 1. The maximum absolute atomic E-state index is 11.2. The van der Waals surface area contributed by atoms with Gasteiger partial charge in [0.15, 0.2) is 17.8 Å². The minimum Gasteiger partial charge on any atom is -0.493 e. The minimum atomic E-state index is 0.372. The average molecular weight is 305 g/mol. The number of benzene rings is 2. The quantitative estimate of drug-likeness (QED) is 0.770. The highest BCUT2D eigenvalue weighted by atomic mass is 35.5. The third kappa shape index (κ3) is 3.37. The molecule has 0 saturated carbocycles. The first-order valence-electron chi connectivity index (χ1n) is 6.57. The lowest BCUT2D eigenvalue weighted by Crippen LogP contribution is -2.04. The highest BCUT2D eigenvalue weighted by Gasteiger charge is 2.13. The minimum absolute atomic E-state index is 0.372. The van der Waals surface area contributed by atoms with Gasteiger partial charge in [-0.3, -0.25) is 4.79 Å². The van der Waals surface area contributed by atoms with E-state index in [0.717, 1.165) is 16.7 Å². The molecule has 0 aromatic heterocycles. The molecule has 0 aliphatic heterocycles. The molecule has 0 N–H and O–H groups in total. The normalized spacial score (nSPS) is 10.3. The van der Waals surface area contributed by atoms with Crippen LogP contribution in [0.5, 0.6) is 11.5 Å². The molecule has 0 bridgehead atoms. The van der Waals surface area contributed by atoms with E-state index in [9.17, 15) is 4.79 Å². The van der Waals surface area contributed by atoms with Crippen molar-refractivity contribution in [2.45, 2.75) is 20.5 Å². The van der Waals surface area contributed by atoms with Crippen LogP contribution in [-0.4, -0.2) is 13.4 Å². The number of carbonyl (C=O) groups excluding carboxylic acids is 1. The molecule has 0 saturated heterocycles. The molecule has 3 nitrogen and oxygen atoms in total. The van der Waals surface area contributed by atoms with E-state index in [1.165, 1.54) is 7.11 Å². The van der Waals surface area contributed by atoms with Crippen LogP contribution in [0.15, 0.2) is 30.3 Å². The summed E-state index contributed by atoms with van der Waals surface area (Å²) < 4.78 is 11.1. The molecular formula is C17H17ClO3. The van der Waals surface area contributed by atoms with Crippen molar-refractivity contribution in [1.29, 1.82) is 0 Å². The molecule has 0 fully saturated rings. The second-order valence-electron chi connectivity index (χ2n) is 4.80. The second-order valence-corrected chi connectivity index (χ2v) is 5.24. The standard InChI is InChI=1S/C17H17ClO3/c1-11-5-4-6-12(2)15(11)10-21-17-13(9-19)7-14(18)8-16(17)20-3/h4-9H,10H2,1-3H3. The molecule has 0 amide bonds. The van der Waals surface area contributed by atoms with Gasteiger partial charge in [0.2, 0.25) is 0 Å². The monoisotopic (exact) mass is 304 g/mol. The number of carbonyl (C=O) groups is 1. The van der Waals surface area contributed by atoms with Gasteiger partial charge >= 0.3 is 0 Å². The molecule has 4 heteroatoms. The van der Waals surface area contributed by atoms with Gasteiger partial charge in [-0.25, -0.2) is 0 Å². The summed E-state index contributed by atoms with van der Waals surface area (Å²) in [5, 5.41) is 0.438. The summed E-state index contributed by atoms with van der Waals surface area (Å²) >= 11 is 5.95. The largest absolute Gasteiger partial charge is 0.493 e. The van der Waals surface area contributed by atoms with Crippen LogP contribution in [0, 0.1) is 13.8 Å². The van der Waals surface area contributed by atoms with E-state index < -0.39 is 0 Å². The Bertz CT molecular complexity index is 645. The molecule has 2 rings (SSSR count). The number of hydrogen-bond acceptors (Lipinski definition) is 3. The Morgan fingerprint density at radius 1 is 1.19 bits per heavy atom. The van der Waals surface area contributed by atoms with E-state index in [0.29, 0.717) is 35.0 Å². The molecule has 0 atom stereocenters. The lowest BCUT2D eigenvalue weighted by molar-refractivity contribution is 0.111. The summed E-state index contributed by atoms with van der Waals surface area (Å²) in [5.41, 5.74) is 3.78. The summed E-state index contributed by atoms with van der Waals surface area (Å²) in [6.45, 7) is 4.44. The van der Waals surface area contributed by atoms with Crippen LogP contribution in [-0.2, 0) is 6.61 Å². The molecule has 0 heterocycles. The molecule has 110 valence electrons. The Morgan fingerprint density at radius 3 is 2.43 bits per heavy atom. The molecule has 2 aromatic rings. The number of rotatable bonds is 5. The maximum atomic E-state index is 11.2. The lowest BCUT2D eigenvalue weighted by atomic mass is 10.0. The number of aryl methyl sites for hydroxylation is 2. The van der Waals surface area contributed by atoms with Crippen molar-refractivity contribution in [3.8, 4) is 11.5 Å². The average Bonchev–Trinajstić information content (AvgIpc) is 2.47. The highest BCUT2D eigenvalue weighted by molar-refractivity contribution is 6.31. The second kappa shape index (κ2) is 6.64. The van der Waals surface area contributed by atoms with Gasteiger partial charge in [0, 0.05) is 11.1 Å². The summed E-state index contributed by atoms with van der Waals surface area (Å²) in [7, 11) is 1.52. The number of ether oxygens (including phenoxy) is 2. The van der Waals surface area contributed by atoms with Gasteiger partial charge in [0.05, 0.1) is 12.7 Å². The van der Waals surface area contributed by atoms with Gasteiger partial charge in [-0.2, -0.15) is 0 Å². The van der Waals surface area contributed by atoms with Crippen LogP contribution in [0.2, 0.25) is 5.02 Å². The van der Waals surface area contributed by atoms with Crippen molar-refractivity contribution in [3.05, 3.63) is 57.6 Å². The Morgan fingerprint density at radius 2 is 1.86 bits per heavy atom. The molecule has 0 aliphatic carbocycles. The van der Waals surface area contributed by atoms with E-state index in [-0.39, 0.29) is 0 Å². The fourth-order valence-electron chi connectivity index (χ4n) is 2.20. The van der Waals surface area contributed by atoms with Crippen LogP contribution in [0.1, 0.15) is 27.0 Å². The van der Waals surface area contributed by atoms with Crippen LogP contribution in [0.4, 0.5) is 0 Å². The highest BCUT2D eigenvalue weighted by Crippen LogP contribution is 2.34. The van der Waals surface area contributed by atoms with Gasteiger partial charge in [0.1, 0.15) is 6.61 Å². The predicted molar refractivity (Wildman–Crippen MR) is 83.6 cm³/mol. The third-order valence-corrected chi connectivity index (χ3v) is 3.62. The van der Waals surface area contributed by atoms with Crippen molar-refractivity contribution in [2.24, 2.45) is 0 Å². The molecular weight excluding hydrogens is 288 g/mol. The Labute approximate surface area is 129 Å². The smallest absolute Gasteiger partial charge is 0.172 e. The van der Waals surface area contributed by atoms with E-state index >= 15 is 0 Å². The summed E-state index contributed by atoms with van der Waals surface area (Å²) in [4.78, 5) is 11.2. The SMILES string of the molecule is COc1cc(Cl)cc(C=O)c1OCc1c(C)cccc1C. The zero-order valence-electron chi connectivity index (χ0n) is 12.3. The number of hydrogen-bond donors (Lipinski definition) is 0. The van der Waals surface area contributed by atoms with Crippen molar-refractivity contribution in [1.82, 2.24) is 0 Å². The van der Waals surface area contributed by atoms with Crippen molar-refractivity contribution >= 4 is 17.9 Å². The number of aldehydes is 1. The first-order chi connectivity index (χ1) is 10.1. The Kier molecular flexibility index (Phi) is 4.86. The maximum Gasteiger partial charge on any atom is 0.172 e. The third-order valence-electron chi connectivity index (χ3n) is 3.40. The topological polar surface area (TPSA) is 35.5 Å². The zero-order chi connectivity index (χ0) is 15.4. The fourth-order valence-corrected chi connectivity index (χ4v) is 2.42. The van der Waals surface area contributed by atoms with Crippen LogP contribution >= 0.6 is 11.6 Å². The first kappa shape index (κ1) is 15.4. The van der Waals surface area contributed by atoms with Gasteiger partial charge < -0.3 is 9.47 Å². The van der Waals surface area contributed by atoms with Gasteiger partial charge in [-0.1, -0.05) is 29.8 Å².